The highest BCUT2D eigenvalue weighted by atomic mass is 16.5. The van der Waals surface area contributed by atoms with Crippen molar-refractivity contribution >= 4 is 11.9 Å². The minimum atomic E-state index is -0.966. The van der Waals surface area contributed by atoms with Gasteiger partial charge in [-0.3, -0.25) is 9.59 Å². The lowest BCUT2D eigenvalue weighted by atomic mass is 10.1. The van der Waals surface area contributed by atoms with Crippen LogP contribution in [0.15, 0.2) is 0 Å². The van der Waals surface area contributed by atoms with Gasteiger partial charge in [0, 0.05) is 0 Å². The minimum absolute atomic E-state index is 0.214. The molecule has 0 heterocycles. The van der Waals surface area contributed by atoms with E-state index in [1.165, 1.54) is 103 Å². The summed E-state index contributed by atoms with van der Waals surface area (Å²) in [4.78, 5) is 23.4. The topological polar surface area (TPSA) is 75.6 Å². The average molecular weight is 470 g/mol. The predicted octanol–water partition coefficient (Wildman–Crippen LogP) is 7.80. The number of nitrogens with one attached hydrogen (secondary N) is 1. The summed E-state index contributed by atoms with van der Waals surface area (Å²) in [6, 6.07) is -0.732. The summed E-state index contributed by atoms with van der Waals surface area (Å²) in [6.45, 7) is 5.55. The number of rotatable bonds is 26. The van der Waals surface area contributed by atoms with Gasteiger partial charge >= 0.3 is 11.9 Å². The number of unbranched alkanes of at least 4 members (excludes halogenated alkanes) is 18. The SMILES string of the molecule is CCCCCCCCCCCCN[C@@H](CC(=O)O)C(=O)OCCCCCCCCCCCC. The minimum Gasteiger partial charge on any atom is -0.481 e. The number of ether oxygens (including phenoxy) is 1. The highest BCUT2D eigenvalue weighted by Gasteiger charge is 2.22. The quantitative estimate of drug-likeness (QED) is 0.0998. The zero-order chi connectivity index (χ0) is 24.4. The van der Waals surface area contributed by atoms with Crippen LogP contribution in [0.3, 0.4) is 0 Å². The van der Waals surface area contributed by atoms with E-state index >= 15 is 0 Å². The number of carboxylic acid groups (broad SMARTS) is 1. The Bertz CT molecular complexity index is 442. The van der Waals surface area contributed by atoms with E-state index in [0.29, 0.717) is 13.2 Å². The van der Waals surface area contributed by atoms with Crippen LogP contribution >= 0.6 is 0 Å². The van der Waals surface area contributed by atoms with E-state index in [2.05, 4.69) is 19.2 Å². The molecule has 0 rings (SSSR count). The Hall–Kier alpha value is -1.10. The molecule has 0 aromatic rings. The van der Waals surface area contributed by atoms with Gasteiger partial charge in [-0.05, 0) is 19.4 Å². The monoisotopic (exact) mass is 469 g/mol. The van der Waals surface area contributed by atoms with Gasteiger partial charge in [-0.1, -0.05) is 129 Å². The Labute approximate surface area is 204 Å². The third kappa shape index (κ3) is 23.8. The van der Waals surface area contributed by atoms with Crippen molar-refractivity contribution in [2.45, 2.75) is 155 Å². The highest BCUT2D eigenvalue weighted by molar-refractivity contribution is 5.81. The maximum atomic E-state index is 12.3. The second-order valence-corrected chi connectivity index (χ2v) is 9.64. The summed E-state index contributed by atoms with van der Waals surface area (Å²) in [5, 5.41) is 12.2. The van der Waals surface area contributed by atoms with Crippen molar-refractivity contribution in [3.05, 3.63) is 0 Å². The molecule has 0 aromatic carbocycles. The predicted molar refractivity (Wildman–Crippen MR) is 139 cm³/mol. The molecule has 0 fully saturated rings. The Morgan fingerprint density at radius 3 is 1.45 bits per heavy atom. The van der Waals surface area contributed by atoms with Crippen LogP contribution in [0.4, 0.5) is 0 Å². The van der Waals surface area contributed by atoms with Gasteiger partial charge in [0.25, 0.3) is 0 Å². The molecule has 5 heteroatoms. The van der Waals surface area contributed by atoms with Gasteiger partial charge < -0.3 is 15.2 Å². The Morgan fingerprint density at radius 1 is 0.636 bits per heavy atom. The van der Waals surface area contributed by atoms with E-state index in [9.17, 15) is 9.59 Å². The van der Waals surface area contributed by atoms with Crippen molar-refractivity contribution in [3.63, 3.8) is 0 Å². The third-order valence-corrected chi connectivity index (χ3v) is 6.33. The Morgan fingerprint density at radius 2 is 1.03 bits per heavy atom. The second kappa shape index (κ2) is 25.5. The number of esters is 1. The largest absolute Gasteiger partial charge is 0.481 e. The van der Waals surface area contributed by atoms with Crippen LogP contribution in [-0.2, 0) is 14.3 Å². The normalized spacial score (nSPS) is 12.1. The van der Waals surface area contributed by atoms with Crippen LogP contribution in [0.2, 0.25) is 0 Å². The number of carbonyl (C=O) groups is 2. The smallest absolute Gasteiger partial charge is 0.323 e. The molecular weight excluding hydrogens is 414 g/mol. The lowest BCUT2D eigenvalue weighted by Gasteiger charge is -2.16. The maximum absolute atomic E-state index is 12.3. The zero-order valence-electron chi connectivity index (χ0n) is 22.0. The summed E-state index contributed by atoms with van der Waals surface area (Å²) in [5.41, 5.74) is 0. The van der Waals surface area contributed by atoms with E-state index in [1.54, 1.807) is 0 Å². The number of hydrogen-bond donors (Lipinski definition) is 2. The van der Waals surface area contributed by atoms with Crippen molar-refractivity contribution in [1.82, 2.24) is 5.32 Å². The van der Waals surface area contributed by atoms with E-state index < -0.39 is 18.0 Å². The molecule has 0 aliphatic rings. The molecule has 2 N–H and O–H groups in total. The first-order valence-electron chi connectivity index (χ1n) is 14.2. The molecule has 33 heavy (non-hydrogen) atoms. The molecule has 196 valence electrons. The first-order valence-corrected chi connectivity index (χ1v) is 14.2. The molecule has 0 amide bonds. The molecule has 0 aliphatic heterocycles. The van der Waals surface area contributed by atoms with Gasteiger partial charge in [0.15, 0.2) is 0 Å². The van der Waals surface area contributed by atoms with Gasteiger partial charge in [-0.2, -0.15) is 0 Å². The number of carbonyl (C=O) groups excluding carboxylic acids is 1. The molecule has 0 saturated heterocycles. The summed E-state index contributed by atoms with van der Waals surface area (Å²) in [6.07, 6.45) is 24.7. The summed E-state index contributed by atoms with van der Waals surface area (Å²) in [7, 11) is 0. The van der Waals surface area contributed by atoms with Gasteiger partial charge in [-0.15, -0.1) is 0 Å². The Kier molecular flexibility index (Phi) is 24.7. The van der Waals surface area contributed by atoms with Crippen LogP contribution in [0.5, 0.6) is 0 Å². The summed E-state index contributed by atoms with van der Waals surface area (Å²) >= 11 is 0. The fourth-order valence-corrected chi connectivity index (χ4v) is 4.17. The number of aliphatic carboxylic acids is 1. The molecule has 5 nitrogen and oxygen atoms in total. The van der Waals surface area contributed by atoms with Crippen LogP contribution in [0.25, 0.3) is 0 Å². The van der Waals surface area contributed by atoms with Gasteiger partial charge in [-0.25, -0.2) is 0 Å². The van der Waals surface area contributed by atoms with Gasteiger partial charge in [0.1, 0.15) is 6.04 Å². The number of carboxylic acids is 1. The molecule has 0 radical (unpaired) electrons. The second-order valence-electron chi connectivity index (χ2n) is 9.64. The van der Waals surface area contributed by atoms with Crippen molar-refractivity contribution in [2.24, 2.45) is 0 Å². The molecule has 0 saturated carbocycles. The average Bonchev–Trinajstić information content (AvgIpc) is 2.79. The molecular formula is C28H55NO4. The zero-order valence-corrected chi connectivity index (χ0v) is 22.0. The standard InChI is InChI=1S/C28H55NO4/c1-3-5-7-9-11-13-15-17-19-21-23-29-26(25-27(30)31)28(32)33-24-22-20-18-16-14-12-10-8-6-4-2/h26,29H,3-25H2,1-2H3,(H,30,31)/t26-/m0/s1. The Balaban J connectivity index is 3.72. The van der Waals surface area contributed by atoms with Crippen LogP contribution in [0.1, 0.15) is 149 Å². The highest BCUT2D eigenvalue weighted by Crippen LogP contribution is 2.12. The van der Waals surface area contributed by atoms with E-state index in [-0.39, 0.29) is 6.42 Å². The molecule has 0 aliphatic carbocycles. The van der Waals surface area contributed by atoms with Gasteiger partial charge in [0.05, 0.1) is 13.0 Å². The van der Waals surface area contributed by atoms with Crippen LogP contribution in [0, 0.1) is 0 Å². The summed E-state index contributed by atoms with van der Waals surface area (Å²) in [5.74, 6) is -1.38. The van der Waals surface area contributed by atoms with Gasteiger partial charge in [0.2, 0.25) is 0 Å². The van der Waals surface area contributed by atoms with Crippen molar-refractivity contribution in [2.75, 3.05) is 13.2 Å². The van der Waals surface area contributed by atoms with E-state index in [1.807, 2.05) is 0 Å². The van der Waals surface area contributed by atoms with E-state index in [0.717, 1.165) is 25.7 Å². The lowest BCUT2D eigenvalue weighted by molar-refractivity contribution is -0.150. The summed E-state index contributed by atoms with van der Waals surface area (Å²) < 4.78 is 5.36. The molecule has 0 spiro atoms. The maximum Gasteiger partial charge on any atom is 0.323 e. The van der Waals surface area contributed by atoms with Crippen molar-refractivity contribution < 1.29 is 19.4 Å². The molecule has 1 atom stereocenters. The fraction of sp³-hybridized carbons (Fsp3) is 0.929. The first kappa shape index (κ1) is 31.9. The number of hydrogen-bond acceptors (Lipinski definition) is 4. The fourth-order valence-electron chi connectivity index (χ4n) is 4.17. The van der Waals surface area contributed by atoms with Crippen LogP contribution in [-0.4, -0.2) is 36.2 Å². The molecule has 0 aromatic heterocycles. The van der Waals surface area contributed by atoms with Crippen LogP contribution < -0.4 is 5.32 Å². The molecule has 0 unspecified atom stereocenters. The van der Waals surface area contributed by atoms with Crippen molar-refractivity contribution in [3.8, 4) is 0 Å². The first-order chi connectivity index (χ1) is 16.1. The lowest BCUT2D eigenvalue weighted by Crippen LogP contribution is -2.40. The molecule has 0 bridgehead atoms. The third-order valence-electron chi connectivity index (χ3n) is 6.33. The van der Waals surface area contributed by atoms with Crippen molar-refractivity contribution in [1.29, 1.82) is 0 Å². The van der Waals surface area contributed by atoms with E-state index in [4.69, 9.17) is 9.84 Å².